The molecule has 0 aliphatic carbocycles. The fourth-order valence-electron chi connectivity index (χ4n) is 2.72. The van der Waals surface area contributed by atoms with E-state index in [1.54, 1.807) is 4.90 Å². The molecule has 114 valence electrons. The standard InChI is InChI=1S/C16H23N3O2/c1-18(10-13-6-3-2-4-7-13)12-15(20)19-9-5-8-14(11-19)16(17)21/h2-4,6-7,14H,5,8-12H2,1H3,(H2,17,21)/t14-/m1/s1. The number of carbonyl (C=O) groups excluding carboxylic acids is 2. The molecule has 2 N–H and O–H groups in total. The molecule has 1 aromatic carbocycles. The maximum absolute atomic E-state index is 12.3. The molecule has 5 nitrogen and oxygen atoms in total. The number of likely N-dealkylation sites (N-methyl/N-ethyl adjacent to an activating group) is 1. The van der Waals surface area contributed by atoms with Gasteiger partial charge in [0.25, 0.3) is 0 Å². The SMILES string of the molecule is CN(CC(=O)N1CCC[C@@H](C(N)=O)C1)Cc1ccccc1. The van der Waals surface area contributed by atoms with E-state index in [4.69, 9.17) is 5.73 Å². The Morgan fingerprint density at radius 3 is 2.71 bits per heavy atom. The van der Waals surface area contributed by atoms with E-state index in [0.29, 0.717) is 13.1 Å². The number of carbonyl (C=O) groups is 2. The number of nitrogens with two attached hydrogens (primary N) is 1. The average Bonchev–Trinajstić information content (AvgIpc) is 2.48. The molecule has 1 atom stereocenters. The maximum atomic E-state index is 12.3. The van der Waals surface area contributed by atoms with Crippen molar-refractivity contribution in [1.29, 1.82) is 0 Å². The number of hydrogen-bond donors (Lipinski definition) is 1. The van der Waals surface area contributed by atoms with Gasteiger partial charge in [-0.3, -0.25) is 14.5 Å². The number of hydrogen-bond acceptors (Lipinski definition) is 3. The molecule has 0 bridgehead atoms. The van der Waals surface area contributed by atoms with Crippen LogP contribution in [0, 0.1) is 5.92 Å². The lowest BCUT2D eigenvalue weighted by molar-refractivity contribution is -0.135. The van der Waals surface area contributed by atoms with E-state index in [-0.39, 0.29) is 17.7 Å². The van der Waals surface area contributed by atoms with Crippen molar-refractivity contribution in [2.45, 2.75) is 19.4 Å². The second-order valence-corrected chi connectivity index (χ2v) is 5.74. The molecule has 1 aliphatic heterocycles. The van der Waals surface area contributed by atoms with Crippen LogP contribution in [-0.4, -0.2) is 48.3 Å². The fourth-order valence-corrected chi connectivity index (χ4v) is 2.72. The molecule has 0 saturated carbocycles. The van der Waals surface area contributed by atoms with Gasteiger partial charge in [-0.25, -0.2) is 0 Å². The Bertz CT molecular complexity index is 490. The van der Waals surface area contributed by atoms with Crippen LogP contribution >= 0.6 is 0 Å². The Hall–Kier alpha value is -1.88. The maximum Gasteiger partial charge on any atom is 0.236 e. The summed E-state index contributed by atoms with van der Waals surface area (Å²) in [6, 6.07) is 10.1. The molecule has 2 amide bonds. The van der Waals surface area contributed by atoms with Gasteiger partial charge in [0.2, 0.25) is 11.8 Å². The first-order valence-corrected chi connectivity index (χ1v) is 7.36. The van der Waals surface area contributed by atoms with Gasteiger partial charge in [0.1, 0.15) is 0 Å². The van der Waals surface area contributed by atoms with Gasteiger partial charge in [-0.1, -0.05) is 30.3 Å². The van der Waals surface area contributed by atoms with E-state index in [1.807, 2.05) is 42.3 Å². The first-order chi connectivity index (χ1) is 10.1. The third-order valence-corrected chi connectivity index (χ3v) is 3.88. The lowest BCUT2D eigenvalue weighted by Gasteiger charge is -2.32. The quantitative estimate of drug-likeness (QED) is 0.873. The summed E-state index contributed by atoms with van der Waals surface area (Å²) in [6.45, 7) is 2.29. The molecule has 0 spiro atoms. The largest absolute Gasteiger partial charge is 0.369 e. The van der Waals surface area contributed by atoms with Crippen LogP contribution in [0.5, 0.6) is 0 Å². The van der Waals surface area contributed by atoms with Crippen molar-refractivity contribution in [3.8, 4) is 0 Å². The number of piperidine rings is 1. The molecule has 0 unspecified atom stereocenters. The van der Waals surface area contributed by atoms with Crippen molar-refractivity contribution in [2.75, 3.05) is 26.7 Å². The molecule has 5 heteroatoms. The molecule has 2 rings (SSSR count). The number of amides is 2. The topological polar surface area (TPSA) is 66.6 Å². The molecule has 1 fully saturated rings. The monoisotopic (exact) mass is 289 g/mol. The van der Waals surface area contributed by atoms with Crippen LogP contribution in [-0.2, 0) is 16.1 Å². The number of nitrogens with zero attached hydrogens (tertiary/aromatic N) is 2. The molecule has 0 aromatic heterocycles. The number of rotatable bonds is 5. The van der Waals surface area contributed by atoms with Crippen molar-refractivity contribution in [2.24, 2.45) is 11.7 Å². The Morgan fingerprint density at radius 1 is 1.33 bits per heavy atom. The van der Waals surface area contributed by atoms with Crippen molar-refractivity contribution in [3.05, 3.63) is 35.9 Å². The molecule has 1 aromatic rings. The van der Waals surface area contributed by atoms with E-state index < -0.39 is 0 Å². The van der Waals surface area contributed by atoms with Crippen molar-refractivity contribution in [3.63, 3.8) is 0 Å². The summed E-state index contributed by atoms with van der Waals surface area (Å²) in [6.07, 6.45) is 1.64. The highest BCUT2D eigenvalue weighted by atomic mass is 16.2. The summed E-state index contributed by atoms with van der Waals surface area (Å²) in [5, 5.41) is 0. The third-order valence-electron chi connectivity index (χ3n) is 3.88. The van der Waals surface area contributed by atoms with E-state index in [1.165, 1.54) is 5.56 Å². The van der Waals surface area contributed by atoms with Crippen LogP contribution in [0.25, 0.3) is 0 Å². The summed E-state index contributed by atoms with van der Waals surface area (Å²) < 4.78 is 0. The first kappa shape index (κ1) is 15.5. The highest BCUT2D eigenvalue weighted by molar-refractivity contribution is 5.81. The molecule has 0 radical (unpaired) electrons. The number of primary amides is 1. The average molecular weight is 289 g/mol. The van der Waals surface area contributed by atoms with E-state index in [2.05, 4.69) is 0 Å². The third kappa shape index (κ3) is 4.56. The van der Waals surface area contributed by atoms with Crippen molar-refractivity contribution >= 4 is 11.8 Å². The molecular weight excluding hydrogens is 266 g/mol. The van der Waals surface area contributed by atoms with Crippen LogP contribution < -0.4 is 5.73 Å². The predicted octanol–water partition coefficient (Wildman–Crippen LogP) is 0.842. The predicted molar refractivity (Wildman–Crippen MR) is 81.3 cm³/mol. The van der Waals surface area contributed by atoms with Gasteiger partial charge in [-0.2, -0.15) is 0 Å². The summed E-state index contributed by atoms with van der Waals surface area (Å²) in [4.78, 5) is 27.3. The van der Waals surface area contributed by atoms with E-state index >= 15 is 0 Å². The Morgan fingerprint density at radius 2 is 2.05 bits per heavy atom. The minimum absolute atomic E-state index is 0.0689. The van der Waals surface area contributed by atoms with Crippen LogP contribution in [0.3, 0.4) is 0 Å². The second-order valence-electron chi connectivity index (χ2n) is 5.74. The van der Waals surface area contributed by atoms with Crippen LogP contribution in [0.4, 0.5) is 0 Å². The summed E-state index contributed by atoms with van der Waals surface area (Å²) in [5.41, 5.74) is 6.53. The van der Waals surface area contributed by atoms with Gasteiger partial charge in [0.05, 0.1) is 12.5 Å². The summed E-state index contributed by atoms with van der Waals surface area (Å²) in [7, 11) is 1.93. The number of benzene rings is 1. The second kappa shape index (κ2) is 7.22. The highest BCUT2D eigenvalue weighted by Crippen LogP contribution is 2.16. The summed E-state index contributed by atoms with van der Waals surface area (Å²) >= 11 is 0. The van der Waals surface area contributed by atoms with Crippen LogP contribution in [0.15, 0.2) is 30.3 Å². The molecular formula is C16H23N3O2. The Balaban J connectivity index is 1.84. The van der Waals surface area contributed by atoms with Crippen molar-refractivity contribution < 1.29 is 9.59 Å². The first-order valence-electron chi connectivity index (χ1n) is 7.36. The lowest BCUT2D eigenvalue weighted by atomic mass is 9.97. The van der Waals surface area contributed by atoms with Gasteiger partial charge < -0.3 is 10.6 Å². The normalized spacial score (nSPS) is 18.8. The van der Waals surface area contributed by atoms with Crippen LogP contribution in [0.2, 0.25) is 0 Å². The summed E-state index contributed by atoms with van der Waals surface area (Å²) in [5.74, 6) is -0.424. The molecule has 1 aliphatic rings. The number of likely N-dealkylation sites (tertiary alicyclic amines) is 1. The zero-order valence-electron chi connectivity index (χ0n) is 12.5. The lowest BCUT2D eigenvalue weighted by Crippen LogP contribution is -2.47. The molecule has 21 heavy (non-hydrogen) atoms. The van der Waals surface area contributed by atoms with Gasteiger partial charge in [-0.15, -0.1) is 0 Å². The molecule has 1 heterocycles. The molecule has 1 saturated heterocycles. The van der Waals surface area contributed by atoms with Gasteiger partial charge in [0.15, 0.2) is 0 Å². The van der Waals surface area contributed by atoms with Crippen LogP contribution in [0.1, 0.15) is 18.4 Å². The minimum atomic E-state index is -0.301. The van der Waals surface area contributed by atoms with Crippen molar-refractivity contribution in [1.82, 2.24) is 9.80 Å². The minimum Gasteiger partial charge on any atom is -0.369 e. The van der Waals surface area contributed by atoms with E-state index in [9.17, 15) is 9.59 Å². The Kier molecular flexibility index (Phi) is 5.33. The van der Waals surface area contributed by atoms with Gasteiger partial charge in [0, 0.05) is 19.6 Å². The highest BCUT2D eigenvalue weighted by Gasteiger charge is 2.27. The zero-order chi connectivity index (χ0) is 15.2. The zero-order valence-corrected chi connectivity index (χ0v) is 12.5. The van der Waals surface area contributed by atoms with Gasteiger partial charge in [-0.05, 0) is 25.5 Å². The smallest absolute Gasteiger partial charge is 0.236 e. The van der Waals surface area contributed by atoms with E-state index in [0.717, 1.165) is 25.9 Å². The van der Waals surface area contributed by atoms with Gasteiger partial charge >= 0.3 is 0 Å². The fraction of sp³-hybridized carbons (Fsp3) is 0.500. The Labute approximate surface area is 125 Å².